The zero-order valence-electron chi connectivity index (χ0n) is 12.4. The Bertz CT molecular complexity index is 384. The van der Waals surface area contributed by atoms with Crippen LogP contribution in [0.3, 0.4) is 0 Å². The van der Waals surface area contributed by atoms with Gasteiger partial charge in [0.15, 0.2) is 0 Å². The average Bonchev–Trinajstić information content (AvgIpc) is 2.40. The summed E-state index contributed by atoms with van der Waals surface area (Å²) in [7, 11) is 2.16. The Morgan fingerprint density at radius 3 is 2.74 bits per heavy atom. The van der Waals surface area contributed by atoms with Crippen molar-refractivity contribution in [3.05, 3.63) is 28.2 Å². The topological polar surface area (TPSA) is 15.3 Å². The van der Waals surface area contributed by atoms with Gasteiger partial charge in [0.2, 0.25) is 0 Å². The maximum Gasteiger partial charge on any atom is 0.0377 e. The minimum absolute atomic E-state index is 0.547. The molecule has 0 aliphatic rings. The summed E-state index contributed by atoms with van der Waals surface area (Å²) in [4.78, 5) is 2.34. The van der Waals surface area contributed by atoms with Crippen LogP contribution in [-0.4, -0.2) is 31.6 Å². The first-order valence-corrected chi connectivity index (χ1v) is 8.99. The van der Waals surface area contributed by atoms with E-state index in [1.807, 2.05) is 11.8 Å². The van der Waals surface area contributed by atoms with Gasteiger partial charge in [-0.25, -0.2) is 0 Å². The highest BCUT2D eigenvalue weighted by Crippen LogP contribution is 2.25. The molecule has 1 unspecified atom stereocenters. The third kappa shape index (κ3) is 5.36. The first kappa shape index (κ1) is 16.9. The summed E-state index contributed by atoms with van der Waals surface area (Å²) in [5.41, 5.74) is 2.59. The molecule has 1 aromatic rings. The molecule has 108 valence electrons. The average molecular weight is 345 g/mol. The van der Waals surface area contributed by atoms with Gasteiger partial charge in [-0.2, -0.15) is 11.8 Å². The second kappa shape index (κ2) is 8.88. The number of nitrogens with one attached hydrogen (secondary N) is 1. The van der Waals surface area contributed by atoms with Crippen molar-refractivity contribution in [2.24, 2.45) is 0 Å². The minimum atomic E-state index is 0.547. The lowest BCUT2D eigenvalue weighted by molar-refractivity contribution is 0.673. The van der Waals surface area contributed by atoms with Gasteiger partial charge in [0.25, 0.3) is 0 Å². The van der Waals surface area contributed by atoms with Crippen LogP contribution < -0.4 is 10.2 Å². The van der Waals surface area contributed by atoms with E-state index < -0.39 is 0 Å². The molecule has 0 aromatic heterocycles. The van der Waals surface area contributed by atoms with Gasteiger partial charge in [-0.15, -0.1) is 0 Å². The van der Waals surface area contributed by atoms with E-state index in [2.05, 4.69) is 71.5 Å². The monoisotopic (exact) mass is 344 g/mol. The van der Waals surface area contributed by atoms with E-state index >= 15 is 0 Å². The number of anilines is 1. The fourth-order valence-corrected chi connectivity index (χ4v) is 3.12. The molecule has 0 aliphatic heterocycles. The number of nitrogens with zero attached hydrogens (tertiary/aromatic N) is 1. The fourth-order valence-electron chi connectivity index (χ4n) is 1.91. The van der Waals surface area contributed by atoms with Gasteiger partial charge < -0.3 is 10.2 Å². The maximum absolute atomic E-state index is 3.68. The summed E-state index contributed by atoms with van der Waals surface area (Å²) < 4.78 is 1.19. The summed E-state index contributed by atoms with van der Waals surface area (Å²) in [6.45, 7) is 6.45. The minimum Gasteiger partial charge on any atom is -0.371 e. The molecule has 0 bridgehead atoms. The van der Waals surface area contributed by atoms with E-state index in [4.69, 9.17) is 0 Å². The summed E-state index contributed by atoms with van der Waals surface area (Å²) in [6.07, 6.45) is 3.33. The lowest BCUT2D eigenvalue weighted by atomic mass is 10.1. The highest BCUT2D eigenvalue weighted by Gasteiger charge is 2.10. The van der Waals surface area contributed by atoms with Crippen molar-refractivity contribution in [2.75, 3.05) is 30.5 Å². The van der Waals surface area contributed by atoms with Crippen molar-refractivity contribution < 1.29 is 0 Å². The second-order valence-corrected chi connectivity index (χ2v) is 6.63. The SMILES string of the molecule is CCCNCc1ccc(N(C)C(C)CSC)cc1Br. The van der Waals surface area contributed by atoms with Gasteiger partial charge in [0.05, 0.1) is 0 Å². The number of thioether (sulfide) groups is 1. The Hall–Kier alpha value is -0.190. The largest absolute Gasteiger partial charge is 0.371 e. The summed E-state index contributed by atoms with van der Waals surface area (Å²) in [5.74, 6) is 1.15. The van der Waals surface area contributed by atoms with Crippen LogP contribution >= 0.6 is 27.7 Å². The molecule has 0 amide bonds. The molecule has 19 heavy (non-hydrogen) atoms. The number of halogens is 1. The predicted molar refractivity (Wildman–Crippen MR) is 92.4 cm³/mol. The van der Waals surface area contributed by atoms with Crippen molar-refractivity contribution in [1.29, 1.82) is 0 Å². The van der Waals surface area contributed by atoms with E-state index in [1.165, 1.54) is 22.1 Å². The molecule has 1 rings (SSSR count). The summed E-state index contributed by atoms with van der Waals surface area (Å²) in [5, 5.41) is 3.44. The van der Waals surface area contributed by atoms with Crippen LogP contribution in [0.4, 0.5) is 5.69 Å². The lowest BCUT2D eigenvalue weighted by Crippen LogP contribution is -2.30. The second-order valence-electron chi connectivity index (χ2n) is 4.87. The Kier molecular flexibility index (Phi) is 7.88. The van der Waals surface area contributed by atoms with E-state index in [1.54, 1.807) is 0 Å². The Labute approximate surface area is 130 Å². The van der Waals surface area contributed by atoms with E-state index in [0.717, 1.165) is 18.8 Å². The Morgan fingerprint density at radius 1 is 1.42 bits per heavy atom. The molecular weight excluding hydrogens is 320 g/mol. The van der Waals surface area contributed by atoms with Crippen molar-refractivity contribution in [3.8, 4) is 0 Å². The number of hydrogen-bond acceptors (Lipinski definition) is 3. The van der Waals surface area contributed by atoms with Crippen LogP contribution in [0.5, 0.6) is 0 Å². The van der Waals surface area contributed by atoms with E-state index in [-0.39, 0.29) is 0 Å². The molecular formula is C15H25BrN2S. The Balaban J connectivity index is 2.70. The molecule has 0 heterocycles. The van der Waals surface area contributed by atoms with Crippen molar-refractivity contribution in [1.82, 2.24) is 5.32 Å². The molecule has 4 heteroatoms. The zero-order valence-corrected chi connectivity index (χ0v) is 14.8. The van der Waals surface area contributed by atoms with Crippen LogP contribution in [0.25, 0.3) is 0 Å². The van der Waals surface area contributed by atoms with Gasteiger partial charge >= 0.3 is 0 Å². The van der Waals surface area contributed by atoms with Crippen molar-refractivity contribution in [3.63, 3.8) is 0 Å². The first-order chi connectivity index (χ1) is 9.10. The van der Waals surface area contributed by atoms with Crippen molar-refractivity contribution in [2.45, 2.75) is 32.9 Å². The molecule has 2 nitrogen and oxygen atoms in total. The van der Waals surface area contributed by atoms with Crippen LogP contribution in [-0.2, 0) is 6.54 Å². The standard InChI is InChI=1S/C15H25BrN2S/c1-5-8-17-10-13-6-7-14(9-15(13)16)18(3)12(2)11-19-4/h6-7,9,12,17H,5,8,10-11H2,1-4H3. The van der Waals surface area contributed by atoms with E-state index in [0.29, 0.717) is 6.04 Å². The highest BCUT2D eigenvalue weighted by atomic mass is 79.9. The van der Waals surface area contributed by atoms with Crippen molar-refractivity contribution >= 4 is 33.4 Å². The molecule has 1 atom stereocenters. The van der Waals surface area contributed by atoms with Gasteiger partial charge in [-0.1, -0.05) is 28.9 Å². The van der Waals surface area contributed by atoms with Crippen LogP contribution in [0.15, 0.2) is 22.7 Å². The van der Waals surface area contributed by atoms with Crippen LogP contribution in [0.2, 0.25) is 0 Å². The maximum atomic E-state index is 3.68. The molecule has 0 saturated carbocycles. The Morgan fingerprint density at radius 2 is 2.16 bits per heavy atom. The van der Waals surface area contributed by atoms with Gasteiger partial charge in [0, 0.05) is 35.5 Å². The quantitative estimate of drug-likeness (QED) is 0.713. The van der Waals surface area contributed by atoms with E-state index in [9.17, 15) is 0 Å². The number of rotatable bonds is 8. The molecule has 0 aliphatic carbocycles. The molecule has 0 radical (unpaired) electrons. The summed E-state index contributed by atoms with van der Waals surface area (Å²) >= 11 is 5.57. The summed E-state index contributed by atoms with van der Waals surface area (Å²) in [6, 6.07) is 7.19. The van der Waals surface area contributed by atoms with Gasteiger partial charge in [-0.05, 0) is 43.8 Å². The molecule has 0 spiro atoms. The zero-order chi connectivity index (χ0) is 14.3. The fraction of sp³-hybridized carbons (Fsp3) is 0.600. The molecule has 1 N–H and O–H groups in total. The normalized spacial score (nSPS) is 12.5. The van der Waals surface area contributed by atoms with Crippen LogP contribution in [0, 0.1) is 0 Å². The number of hydrogen-bond donors (Lipinski definition) is 1. The first-order valence-electron chi connectivity index (χ1n) is 6.81. The molecule has 0 saturated heterocycles. The van der Waals surface area contributed by atoms with Gasteiger partial charge in [-0.3, -0.25) is 0 Å². The smallest absolute Gasteiger partial charge is 0.0377 e. The number of benzene rings is 1. The predicted octanol–water partition coefficient (Wildman–Crippen LogP) is 4.14. The molecule has 0 fully saturated rings. The lowest BCUT2D eigenvalue weighted by Gasteiger charge is -2.27. The highest BCUT2D eigenvalue weighted by molar-refractivity contribution is 9.10. The third-order valence-electron chi connectivity index (χ3n) is 3.26. The van der Waals surface area contributed by atoms with Gasteiger partial charge in [0.1, 0.15) is 0 Å². The molecule has 1 aromatic carbocycles. The third-order valence-corrected chi connectivity index (χ3v) is 4.81. The van der Waals surface area contributed by atoms with Crippen LogP contribution in [0.1, 0.15) is 25.8 Å².